The van der Waals surface area contributed by atoms with E-state index in [9.17, 15) is 4.39 Å². The molecular weight excluding hydrogens is 167 g/mol. The van der Waals surface area contributed by atoms with Gasteiger partial charge in [0.2, 0.25) is 0 Å². The minimum absolute atomic E-state index is 0.159. The molecule has 0 aliphatic rings. The lowest BCUT2D eigenvalue weighted by Gasteiger charge is -2.00. The third-order valence-electron chi connectivity index (χ3n) is 2.27. The van der Waals surface area contributed by atoms with Gasteiger partial charge in [0.25, 0.3) is 0 Å². The lowest BCUT2D eigenvalue weighted by atomic mass is 10.1. The topological polar surface area (TPSA) is 17.8 Å². The zero-order valence-electron chi connectivity index (χ0n) is 7.71. The molecule has 2 aromatic rings. The second-order valence-corrected chi connectivity index (χ2v) is 3.14. The summed E-state index contributed by atoms with van der Waals surface area (Å²) in [6, 6.07) is 3.35. The molecule has 0 aliphatic heterocycles. The van der Waals surface area contributed by atoms with Crippen molar-refractivity contribution in [2.45, 2.75) is 13.3 Å². The summed E-state index contributed by atoms with van der Waals surface area (Å²) in [5.74, 6) is -0.159. The fourth-order valence-corrected chi connectivity index (χ4v) is 1.46. The number of halogens is 1. The zero-order valence-corrected chi connectivity index (χ0v) is 7.71. The van der Waals surface area contributed by atoms with Crippen LogP contribution in [0.1, 0.15) is 12.5 Å². The molecule has 0 spiro atoms. The Morgan fingerprint density at radius 1 is 1.46 bits per heavy atom. The summed E-state index contributed by atoms with van der Waals surface area (Å²) in [6.45, 7) is 1.95. The van der Waals surface area contributed by atoms with Crippen LogP contribution in [0.4, 0.5) is 4.39 Å². The maximum atomic E-state index is 13.3. The van der Waals surface area contributed by atoms with E-state index < -0.39 is 0 Å². The zero-order chi connectivity index (χ0) is 9.42. The number of nitrogens with zero attached hydrogens (tertiary/aromatic N) is 2. The van der Waals surface area contributed by atoms with Crippen LogP contribution in [0, 0.1) is 5.82 Å². The van der Waals surface area contributed by atoms with E-state index in [1.807, 2.05) is 24.6 Å². The van der Waals surface area contributed by atoms with Gasteiger partial charge in [-0.05, 0) is 18.1 Å². The monoisotopic (exact) mass is 178 g/mol. The predicted octanol–water partition coefficient (Wildman–Crippen LogP) is 2.27. The van der Waals surface area contributed by atoms with Crippen LogP contribution in [-0.2, 0) is 13.5 Å². The van der Waals surface area contributed by atoms with E-state index in [0.717, 1.165) is 16.6 Å². The van der Waals surface area contributed by atoms with Crippen molar-refractivity contribution in [3.05, 3.63) is 29.8 Å². The minimum atomic E-state index is -0.159. The molecule has 0 aliphatic carbocycles. The number of hydrogen-bond donors (Lipinski definition) is 0. The van der Waals surface area contributed by atoms with Gasteiger partial charge in [-0.1, -0.05) is 6.92 Å². The predicted molar refractivity (Wildman–Crippen MR) is 50.1 cm³/mol. The smallest absolute Gasteiger partial charge is 0.128 e. The van der Waals surface area contributed by atoms with E-state index in [4.69, 9.17) is 0 Å². The minimum Gasteiger partial charge on any atom is -0.334 e. The molecule has 1 aromatic carbocycles. The average molecular weight is 178 g/mol. The average Bonchev–Trinajstić information content (AvgIpc) is 2.46. The Labute approximate surface area is 76.0 Å². The summed E-state index contributed by atoms with van der Waals surface area (Å²) >= 11 is 0. The van der Waals surface area contributed by atoms with Crippen molar-refractivity contribution in [1.29, 1.82) is 0 Å². The SMILES string of the molecule is CCc1cc2c(cc1F)ncn2C. The first-order valence-corrected chi connectivity index (χ1v) is 4.32. The number of aromatic nitrogens is 2. The van der Waals surface area contributed by atoms with Crippen LogP contribution in [0.15, 0.2) is 18.5 Å². The van der Waals surface area contributed by atoms with Crippen molar-refractivity contribution in [1.82, 2.24) is 9.55 Å². The highest BCUT2D eigenvalue weighted by atomic mass is 19.1. The van der Waals surface area contributed by atoms with Gasteiger partial charge in [0.1, 0.15) is 5.82 Å². The molecule has 0 N–H and O–H groups in total. The summed E-state index contributed by atoms with van der Waals surface area (Å²) in [4.78, 5) is 4.08. The molecule has 13 heavy (non-hydrogen) atoms. The maximum Gasteiger partial charge on any atom is 0.128 e. The Hall–Kier alpha value is -1.38. The molecule has 1 heterocycles. The number of imidazole rings is 1. The molecule has 68 valence electrons. The summed E-state index contributed by atoms with van der Waals surface area (Å²) in [5, 5.41) is 0. The Bertz CT molecular complexity index is 445. The van der Waals surface area contributed by atoms with Gasteiger partial charge >= 0.3 is 0 Å². The van der Waals surface area contributed by atoms with E-state index >= 15 is 0 Å². The van der Waals surface area contributed by atoms with Crippen molar-refractivity contribution < 1.29 is 4.39 Å². The van der Waals surface area contributed by atoms with Gasteiger partial charge in [-0.3, -0.25) is 0 Å². The van der Waals surface area contributed by atoms with Gasteiger partial charge in [-0.25, -0.2) is 9.37 Å². The molecule has 0 unspecified atom stereocenters. The number of hydrogen-bond acceptors (Lipinski definition) is 1. The fourth-order valence-electron chi connectivity index (χ4n) is 1.46. The normalized spacial score (nSPS) is 11.0. The quantitative estimate of drug-likeness (QED) is 0.655. The maximum absolute atomic E-state index is 13.3. The largest absolute Gasteiger partial charge is 0.334 e. The third-order valence-corrected chi connectivity index (χ3v) is 2.27. The van der Waals surface area contributed by atoms with Gasteiger partial charge in [0.15, 0.2) is 0 Å². The Kier molecular flexibility index (Phi) is 1.79. The van der Waals surface area contributed by atoms with Gasteiger partial charge in [-0.15, -0.1) is 0 Å². The number of aryl methyl sites for hydroxylation is 2. The highest BCUT2D eigenvalue weighted by Crippen LogP contribution is 2.17. The van der Waals surface area contributed by atoms with Crippen molar-refractivity contribution in [2.75, 3.05) is 0 Å². The number of benzene rings is 1. The molecule has 0 saturated heterocycles. The van der Waals surface area contributed by atoms with Gasteiger partial charge in [-0.2, -0.15) is 0 Å². The van der Waals surface area contributed by atoms with Crippen LogP contribution >= 0.6 is 0 Å². The summed E-state index contributed by atoms with van der Waals surface area (Å²) < 4.78 is 15.2. The Morgan fingerprint density at radius 2 is 2.23 bits per heavy atom. The highest BCUT2D eigenvalue weighted by Gasteiger charge is 2.05. The first kappa shape index (κ1) is 8.23. The number of rotatable bonds is 1. The number of fused-ring (bicyclic) bond motifs is 1. The van der Waals surface area contributed by atoms with Crippen LogP contribution in [0.3, 0.4) is 0 Å². The molecule has 2 rings (SSSR count). The van der Waals surface area contributed by atoms with E-state index in [-0.39, 0.29) is 5.82 Å². The van der Waals surface area contributed by atoms with Gasteiger partial charge in [0, 0.05) is 13.1 Å². The fraction of sp³-hybridized carbons (Fsp3) is 0.300. The molecule has 0 atom stereocenters. The van der Waals surface area contributed by atoms with Crippen LogP contribution < -0.4 is 0 Å². The Morgan fingerprint density at radius 3 is 2.92 bits per heavy atom. The molecule has 0 fully saturated rings. The lowest BCUT2D eigenvalue weighted by molar-refractivity contribution is 0.614. The molecular formula is C10H11FN2. The van der Waals surface area contributed by atoms with Crippen LogP contribution in [0.25, 0.3) is 11.0 Å². The van der Waals surface area contributed by atoms with Gasteiger partial charge in [0.05, 0.1) is 17.4 Å². The summed E-state index contributed by atoms with van der Waals surface area (Å²) in [6.07, 6.45) is 2.41. The van der Waals surface area contributed by atoms with Crippen molar-refractivity contribution >= 4 is 11.0 Å². The molecule has 1 aromatic heterocycles. The van der Waals surface area contributed by atoms with Crippen molar-refractivity contribution in [3.63, 3.8) is 0 Å². The van der Waals surface area contributed by atoms with E-state index in [0.29, 0.717) is 6.42 Å². The first-order chi connectivity index (χ1) is 6.22. The summed E-state index contributed by atoms with van der Waals surface area (Å²) in [5.41, 5.74) is 2.45. The van der Waals surface area contributed by atoms with Crippen LogP contribution in [0.5, 0.6) is 0 Å². The molecule has 0 radical (unpaired) electrons. The molecule has 0 bridgehead atoms. The first-order valence-electron chi connectivity index (χ1n) is 4.32. The van der Waals surface area contributed by atoms with E-state index in [1.165, 1.54) is 6.07 Å². The molecule has 3 heteroatoms. The van der Waals surface area contributed by atoms with E-state index in [1.54, 1.807) is 6.33 Å². The lowest BCUT2D eigenvalue weighted by Crippen LogP contribution is -1.90. The Balaban J connectivity index is 2.77. The van der Waals surface area contributed by atoms with Crippen molar-refractivity contribution in [3.8, 4) is 0 Å². The molecule has 0 saturated carbocycles. The molecule has 0 amide bonds. The second kappa shape index (κ2) is 2.83. The third kappa shape index (κ3) is 1.20. The van der Waals surface area contributed by atoms with Gasteiger partial charge < -0.3 is 4.57 Å². The van der Waals surface area contributed by atoms with Crippen LogP contribution in [-0.4, -0.2) is 9.55 Å². The standard InChI is InChI=1S/C10H11FN2/c1-3-7-4-10-9(5-8(7)11)12-6-13(10)2/h4-6H,3H2,1-2H3. The second-order valence-electron chi connectivity index (χ2n) is 3.14. The molecule has 2 nitrogen and oxygen atoms in total. The van der Waals surface area contributed by atoms with E-state index in [2.05, 4.69) is 4.98 Å². The highest BCUT2D eigenvalue weighted by molar-refractivity contribution is 5.76. The summed E-state index contributed by atoms with van der Waals surface area (Å²) in [7, 11) is 1.91. The van der Waals surface area contributed by atoms with Crippen molar-refractivity contribution in [2.24, 2.45) is 7.05 Å². The van der Waals surface area contributed by atoms with Crippen LogP contribution in [0.2, 0.25) is 0 Å².